The lowest BCUT2D eigenvalue weighted by atomic mass is 9.85. The fourth-order valence-electron chi connectivity index (χ4n) is 3.39. The number of aryl methyl sites for hydroxylation is 1. The number of phenols is 1. The molecule has 0 saturated heterocycles. The van der Waals surface area contributed by atoms with Crippen molar-refractivity contribution in [3.05, 3.63) is 29.3 Å². The van der Waals surface area contributed by atoms with Gasteiger partial charge in [-0.3, -0.25) is 4.90 Å². The molecule has 0 fully saturated rings. The van der Waals surface area contributed by atoms with Gasteiger partial charge in [-0.05, 0) is 70.2 Å². The van der Waals surface area contributed by atoms with Crippen LogP contribution in [0.5, 0.6) is 5.75 Å². The Kier molecular flexibility index (Phi) is 3.96. The van der Waals surface area contributed by atoms with E-state index in [0.717, 1.165) is 6.42 Å². The van der Waals surface area contributed by atoms with E-state index in [9.17, 15) is 5.11 Å². The first kappa shape index (κ1) is 13.4. The second-order valence-electron chi connectivity index (χ2n) is 5.93. The third-order valence-corrected chi connectivity index (χ3v) is 3.96. The van der Waals surface area contributed by atoms with Crippen LogP contribution < -0.4 is 0 Å². The van der Waals surface area contributed by atoms with Crippen LogP contribution in [0.25, 0.3) is 0 Å². The second kappa shape index (κ2) is 5.31. The molecule has 0 saturated carbocycles. The van der Waals surface area contributed by atoms with Crippen LogP contribution >= 0.6 is 0 Å². The first-order chi connectivity index (χ1) is 8.50. The molecule has 1 unspecified atom stereocenters. The molecule has 1 N–H and O–H groups in total. The van der Waals surface area contributed by atoms with Crippen molar-refractivity contribution >= 4 is 0 Å². The maximum absolute atomic E-state index is 9.75. The predicted molar refractivity (Wildman–Crippen MR) is 75.9 cm³/mol. The number of aromatic hydroxyl groups is 1. The molecule has 0 heterocycles. The maximum Gasteiger partial charge on any atom is 0.115 e. The number of benzene rings is 1. The molecule has 1 aromatic carbocycles. The fourth-order valence-corrected chi connectivity index (χ4v) is 3.39. The van der Waals surface area contributed by atoms with Gasteiger partial charge in [0.15, 0.2) is 0 Å². The molecular formula is C16H25NO. The molecule has 2 heteroatoms. The van der Waals surface area contributed by atoms with Crippen LogP contribution in [0.3, 0.4) is 0 Å². The highest BCUT2D eigenvalue weighted by molar-refractivity contribution is 5.38. The quantitative estimate of drug-likeness (QED) is 0.876. The molecule has 0 aliphatic heterocycles. The lowest BCUT2D eigenvalue weighted by molar-refractivity contribution is 0.0998. The van der Waals surface area contributed by atoms with E-state index in [1.165, 1.54) is 24.0 Å². The Hall–Kier alpha value is -1.02. The van der Waals surface area contributed by atoms with Crippen molar-refractivity contribution in [3.8, 4) is 5.75 Å². The van der Waals surface area contributed by atoms with Gasteiger partial charge < -0.3 is 5.11 Å². The lowest BCUT2D eigenvalue weighted by Crippen LogP contribution is -2.41. The van der Waals surface area contributed by atoms with Crippen molar-refractivity contribution in [1.82, 2.24) is 4.90 Å². The smallest absolute Gasteiger partial charge is 0.115 e. The average molecular weight is 247 g/mol. The van der Waals surface area contributed by atoms with Crippen molar-refractivity contribution in [1.29, 1.82) is 0 Å². The number of hydrogen-bond acceptors (Lipinski definition) is 2. The molecule has 1 aromatic rings. The minimum atomic E-state index is 0.396. The average Bonchev–Trinajstić information content (AvgIpc) is 2.29. The number of rotatable bonds is 3. The number of nitrogens with zero attached hydrogens (tertiary/aromatic N) is 1. The van der Waals surface area contributed by atoms with Gasteiger partial charge in [0.2, 0.25) is 0 Å². The highest BCUT2D eigenvalue weighted by Crippen LogP contribution is 2.38. The minimum Gasteiger partial charge on any atom is -0.508 e. The minimum absolute atomic E-state index is 0.396. The van der Waals surface area contributed by atoms with E-state index in [2.05, 4.69) is 38.7 Å². The van der Waals surface area contributed by atoms with E-state index >= 15 is 0 Å². The summed E-state index contributed by atoms with van der Waals surface area (Å²) in [6.45, 7) is 9.04. The molecule has 0 amide bonds. The Morgan fingerprint density at radius 2 is 1.83 bits per heavy atom. The van der Waals surface area contributed by atoms with Crippen LogP contribution in [0.4, 0.5) is 0 Å². The summed E-state index contributed by atoms with van der Waals surface area (Å²) in [6, 6.07) is 7.40. The SMILES string of the molecule is CC(C)N(C(C)C)C1CCCc2ccc(O)cc21. The summed E-state index contributed by atoms with van der Waals surface area (Å²) in [4.78, 5) is 2.57. The third-order valence-electron chi connectivity index (χ3n) is 3.96. The molecule has 1 aliphatic rings. The molecule has 18 heavy (non-hydrogen) atoms. The van der Waals surface area contributed by atoms with Gasteiger partial charge in [-0.1, -0.05) is 6.07 Å². The Bertz CT molecular complexity index is 404. The van der Waals surface area contributed by atoms with Gasteiger partial charge >= 0.3 is 0 Å². The molecule has 0 radical (unpaired) electrons. The number of phenolic OH excluding ortho intramolecular Hbond substituents is 1. The Morgan fingerprint density at radius 3 is 2.44 bits per heavy atom. The summed E-state index contributed by atoms with van der Waals surface area (Å²) in [7, 11) is 0. The number of fused-ring (bicyclic) bond motifs is 1. The van der Waals surface area contributed by atoms with E-state index in [1.807, 2.05) is 12.1 Å². The lowest BCUT2D eigenvalue weighted by Gasteiger charge is -2.41. The Balaban J connectivity index is 2.39. The van der Waals surface area contributed by atoms with Gasteiger partial charge in [-0.2, -0.15) is 0 Å². The third kappa shape index (κ3) is 2.54. The van der Waals surface area contributed by atoms with Gasteiger partial charge in [-0.15, -0.1) is 0 Å². The molecule has 2 nitrogen and oxygen atoms in total. The summed E-state index contributed by atoms with van der Waals surface area (Å²) in [6.07, 6.45) is 3.60. The molecule has 2 rings (SSSR count). The number of hydrogen-bond donors (Lipinski definition) is 1. The standard InChI is InChI=1S/C16H25NO/c1-11(2)17(12(3)4)16-7-5-6-13-8-9-14(18)10-15(13)16/h8-12,16,18H,5-7H2,1-4H3. The normalized spacial score (nSPS) is 19.6. The summed E-state index contributed by atoms with van der Waals surface area (Å²) < 4.78 is 0. The zero-order valence-electron chi connectivity index (χ0n) is 12.0. The summed E-state index contributed by atoms with van der Waals surface area (Å²) in [5.41, 5.74) is 2.75. The summed E-state index contributed by atoms with van der Waals surface area (Å²) >= 11 is 0. The van der Waals surface area contributed by atoms with E-state index in [4.69, 9.17) is 0 Å². The molecule has 100 valence electrons. The van der Waals surface area contributed by atoms with Gasteiger partial charge in [0.1, 0.15) is 5.75 Å². The highest BCUT2D eigenvalue weighted by atomic mass is 16.3. The molecule has 0 bridgehead atoms. The monoisotopic (exact) mass is 247 g/mol. The van der Waals surface area contributed by atoms with Crippen LogP contribution in [0.1, 0.15) is 57.7 Å². The Morgan fingerprint density at radius 1 is 1.17 bits per heavy atom. The van der Waals surface area contributed by atoms with Crippen LogP contribution in [0.2, 0.25) is 0 Å². The fraction of sp³-hybridized carbons (Fsp3) is 0.625. The first-order valence-corrected chi connectivity index (χ1v) is 7.10. The maximum atomic E-state index is 9.75. The largest absolute Gasteiger partial charge is 0.508 e. The van der Waals surface area contributed by atoms with Crippen LogP contribution in [0.15, 0.2) is 18.2 Å². The zero-order chi connectivity index (χ0) is 13.3. The van der Waals surface area contributed by atoms with Crippen LogP contribution in [-0.4, -0.2) is 22.1 Å². The summed E-state index contributed by atoms with van der Waals surface area (Å²) in [5, 5.41) is 9.75. The van der Waals surface area contributed by atoms with Gasteiger partial charge in [0, 0.05) is 18.1 Å². The molecule has 0 aromatic heterocycles. The first-order valence-electron chi connectivity index (χ1n) is 7.10. The van der Waals surface area contributed by atoms with Crippen molar-refractivity contribution in [2.45, 2.75) is 65.1 Å². The van der Waals surface area contributed by atoms with Gasteiger partial charge in [0.05, 0.1) is 0 Å². The van der Waals surface area contributed by atoms with Crippen molar-refractivity contribution < 1.29 is 5.11 Å². The molecule has 0 spiro atoms. The second-order valence-corrected chi connectivity index (χ2v) is 5.93. The van der Waals surface area contributed by atoms with Crippen molar-refractivity contribution in [2.24, 2.45) is 0 Å². The molecule has 1 atom stereocenters. The molecule has 1 aliphatic carbocycles. The predicted octanol–water partition coefficient (Wildman–Crippen LogP) is 3.89. The van der Waals surface area contributed by atoms with E-state index in [1.54, 1.807) is 0 Å². The van der Waals surface area contributed by atoms with Crippen molar-refractivity contribution in [2.75, 3.05) is 0 Å². The van der Waals surface area contributed by atoms with Gasteiger partial charge in [0.25, 0.3) is 0 Å². The zero-order valence-corrected chi connectivity index (χ0v) is 12.0. The Labute approximate surface area is 111 Å². The topological polar surface area (TPSA) is 23.5 Å². The van der Waals surface area contributed by atoms with E-state index in [-0.39, 0.29) is 0 Å². The van der Waals surface area contributed by atoms with E-state index < -0.39 is 0 Å². The van der Waals surface area contributed by atoms with Crippen LogP contribution in [0, 0.1) is 0 Å². The molecular weight excluding hydrogens is 222 g/mol. The van der Waals surface area contributed by atoms with Gasteiger partial charge in [-0.25, -0.2) is 0 Å². The van der Waals surface area contributed by atoms with Crippen molar-refractivity contribution in [3.63, 3.8) is 0 Å². The van der Waals surface area contributed by atoms with E-state index in [0.29, 0.717) is 23.9 Å². The highest BCUT2D eigenvalue weighted by Gasteiger charge is 2.29. The summed E-state index contributed by atoms with van der Waals surface area (Å²) in [5.74, 6) is 0.396. The van der Waals surface area contributed by atoms with Crippen LogP contribution in [-0.2, 0) is 6.42 Å².